The van der Waals surface area contributed by atoms with Gasteiger partial charge in [0.2, 0.25) is 0 Å². The summed E-state index contributed by atoms with van der Waals surface area (Å²) in [5.74, 6) is 1.89. The number of nitrogens with two attached hydrogens (primary N) is 1. The minimum Gasteiger partial charge on any atom is -0.384 e. The summed E-state index contributed by atoms with van der Waals surface area (Å²) in [5.41, 5.74) is 6.08. The highest BCUT2D eigenvalue weighted by Crippen LogP contribution is 2.38. The van der Waals surface area contributed by atoms with Crippen LogP contribution in [0.2, 0.25) is 0 Å². The Kier molecular flexibility index (Phi) is 3.76. The number of hydrogen-bond donors (Lipinski definition) is 1. The Labute approximate surface area is 113 Å². The molecule has 2 atom stereocenters. The van der Waals surface area contributed by atoms with Crippen LogP contribution in [0.4, 0.5) is 5.82 Å². The van der Waals surface area contributed by atoms with Crippen LogP contribution < -0.4 is 5.73 Å². The lowest BCUT2D eigenvalue weighted by atomic mass is 10.0. The fourth-order valence-electron chi connectivity index (χ4n) is 3.13. The monoisotopic (exact) mass is 267 g/mol. The van der Waals surface area contributed by atoms with Gasteiger partial charge in [-0.2, -0.15) is 0 Å². The molecule has 4 nitrogen and oxygen atoms in total. The number of aromatic nitrogens is 1. The van der Waals surface area contributed by atoms with Crippen LogP contribution in [0, 0.1) is 11.8 Å². The SMILES string of the molecule is Cl.Nc1cccc(C(=O)N2CC3CCCC3C2)n1. The zero-order valence-electron chi connectivity index (χ0n) is 10.2. The number of carbonyl (C=O) groups excluding carboxylic acids is 1. The van der Waals surface area contributed by atoms with Crippen molar-refractivity contribution in [1.82, 2.24) is 9.88 Å². The molecule has 1 saturated heterocycles. The fourth-order valence-corrected chi connectivity index (χ4v) is 3.13. The first-order chi connectivity index (χ1) is 8.24. The van der Waals surface area contributed by atoms with Crippen molar-refractivity contribution < 1.29 is 4.79 Å². The minimum atomic E-state index is 0. The van der Waals surface area contributed by atoms with E-state index in [1.807, 2.05) is 4.90 Å². The van der Waals surface area contributed by atoms with Crippen LogP contribution in [0.3, 0.4) is 0 Å². The van der Waals surface area contributed by atoms with E-state index in [1.54, 1.807) is 18.2 Å². The zero-order valence-corrected chi connectivity index (χ0v) is 11.0. The lowest BCUT2D eigenvalue weighted by Gasteiger charge is -2.16. The predicted molar refractivity (Wildman–Crippen MR) is 72.6 cm³/mol. The van der Waals surface area contributed by atoms with Crippen molar-refractivity contribution in [2.45, 2.75) is 19.3 Å². The van der Waals surface area contributed by atoms with E-state index in [9.17, 15) is 4.79 Å². The molecule has 1 amide bonds. The molecule has 2 unspecified atom stereocenters. The standard InChI is InChI=1S/C13H17N3O.ClH/c14-12-6-2-5-11(15-12)13(17)16-7-9-3-1-4-10(9)8-16;/h2,5-6,9-10H,1,3-4,7-8H2,(H2,14,15);1H. The van der Waals surface area contributed by atoms with Gasteiger partial charge in [0, 0.05) is 13.1 Å². The second-order valence-corrected chi connectivity index (χ2v) is 5.11. The minimum absolute atomic E-state index is 0. The fraction of sp³-hybridized carbons (Fsp3) is 0.538. The summed E-state index contributed by atoms with van der Waals surface area (Å²) in [6, 6.07) is 5.23. The van der Waals surface area contributed by atoms with Crippen molar-refractivity contribution >= 4 is 24.1 Å². The molecule has 1 aromatic heterocycles. The Hall–Kier alpha value is -1.29. The molecule has 1 saturated carbocycles. The predicted octanol–water partition coefficient (Wildman–Crippen LogP) is 1.96. The Bertz CT molecular complexity index is 440. The molecular formula is C13H18ClN3O. The molecule has 5 heteroatoms. The van der Waals surface area contributed by atoms with E-state index in [2.05, 4.69) is 4.98 Å². The summed E-state index contributed by atoms with van der Waals surface area (Å²) in [6.45, 7) is 1.81. The topological polar surface area (TPSA) is 59.2 Å². The van der Waals surface area contributed by atoms with E-state index in [0.29, 0.717) is 11.5 Å². The van der Waals surface area contributed by atoms with Crippen LogP contribution in [-0.2, 0) is 0 Å². The van der Waals surface area contributed by atoms with Gasteiger partial charge in [-0.1, -0.05) is 12.5 Å². The summed E-state index contributed by atoms with van der Waals surface area (Å²) >= 11 is 0. The highest BCUT2D eigenvalue weighted by Gasteiger charge is 2.38. The van der Waals surface area contributed by atoms with Crippen LogP contribution in [0.1, 0.15) is 29.8 Å². The summed E-state index contributed by atoms with van der Waals surface area (Å²) in [7, 11) is 0. The Morgan fingerprint density at radius 1 is 1.28 bits per heavy atom. The highest BCUT2D eigenvalue weighted by molar-refractivity contribution is 5.92. The largest absolute Gasteiger partial charge is 0.384 e. The molecule has 1 aliphatic carbocycles. The highest BCUT2D eigenvalue weighted by atomic mass is 35.5. The van der Waals surface area contributed by atoms with E-state index in [1.165, 1.54) is 19.3 Å². The van der Waals surface area contributed by atoms with Gasteiger partial charge in [0.1, 0.15) is 11.5 Å². The summed E-state index contributed by atoms with van der Waals surface area (Å²) in [4.78, 5) is 18.3. The van der Waals surface area contributed by atoms with Crippen molar-refractivity contribution in [3.63, 3.8) is 0 Å². The lowest BCUT2D eigenvalue weighted by molar-refractivity contribution is 0.0775. The van der Waals surface area contributed by atoms with E-state index < -0.39 is 0 Å². The number of pyridine rings is 1. The molecule has 2 aliphatic rings. The molecule has 18 heavy (non-hydrogen) atoms. The van der Waals surface area contributed by atoms with Gasteiger partial charge in [-0.25, -0.2) is 4.98 Å². The summed E-state index contributed by atoms with van der Waals surface area (Å²) in [5, 5.41) is 0. The van der Waals surface area contributed by atoms with Gasteiger partial charge in [0.05, 0.1) is 0 Å². The maximum Gasteiger partial charge on any atom is 0.272 e. The third-order valence-electron chi connectivity index (χ3n) is 4.00. The van der Waals surface area contributed by atoms with Gasteiger partial charge in [-0.05, 0) is 36.8 Å². The number of nitrogens with zero attached hydrogens (tertiary/aromatic N) is 2. The first kappa shape index (κ1) is 13.1. The molecular weight excluding hydrogens is 250 g/mol. The molecule has 1 aliphatic heterocycles. The van der Waals surface area contributed by atoms with Crippen LogP contribution >= 0.6 is 12.4 Å². The molecule has 0 radical (unpaired) electrons. The maximum atomic E-state index is 12.2. The lowest BCUT2D eigenvalue weighted by Crippen LogP contribution is -2.30. The molecule has 3 rings (SSSR count). The Morgan fingerprint density at radius 2 is 1.94 bits per heavy atom. The third kappa shape index (κ3) is 2.29. The van der Waals surface area contributed by atoms with Crippen molar-refractivity contribution in [2.75, 3.05) is 18.8 Å². The number of anilines is 1. The number of likely N-dealkylation sites (tertiary alicyclic amines) is 1. The Balaban J connectivity index is 0.00000120. The molecule has 0 spiro atoms. The number of halogens is 1. The second kappa shape index (κ2) is 5.14. The molecule has 0 aromatic carbocycles. The van der Waals surface area contributed by atoms with Crippen molar-refractivity contribution in [3.05, 3.63) is 23.9 Å². The molecule has 2 heterocycles. The van der Waals surface area contributed by atoms with Crippen LogP contribution in [0.5, 0.6) is 0 Å². The number of amides is 1. The summed E-state index contributed by atoms with van der Waals surface area (Å²) in [6.07, 6.45) is 3.88. The quantitative estimate of drug-likeness (QED) is 0.846. The second-order valence-electron chi connectivity index (χ2n) is 5.11. The zero-order chi connectivity index (χ0) is 11.8. The number of rotatable bonds is 1. The smallest absolute Gasteiger partial charge is 0.272 e. The van der Waals surface area contributed by atoms with Gasteiger partial charge >= 0.3 is 0 Å². The number of fused-ring (bicyclic) bond motifs is 1. The average molecular weight is 268 g/mol. The number of carbonyl (C=O) groups is 1. The summed E-state index contributed by atoms with van der Waals surface area (Å²) < 4.78 is 0. The van der Waals surface area contributed by atoms with Crippen molar-refractivity contribution in [1.29, 1.82) is 0 Å². The normalized spacial score (nSPS) is 25.7. The van der Waals surface area contributed by atoms with E-state index in [0.717, 1.165) is 24.9 Å². The molecule has 98 valence electrons. The molecule has 0 bridgehead atoms. The van der Waals surface area contributed by atoms with Gasteiger partial charge in [0.15, 0.2) is 0 Å². The van der Waals surface area contributed by atoms with Crippen LogP contribution in [0.15, 0.2) is 18.2 Å². The van der Waals surface area contributed by atoms with Crippen molar-refractivity contribution in [3.8, 4) is 0 Å². The van der Waals surface area contributed by atoms with Gasteiger partial charge in [-0.15, -0.1) is 12.4 Å². The van der Waals surface area contributed by atoms with Crippen LogP contribution in [-0.4, -0.2) is 28.9 Å². The number of nitrogen functional groups attached to an aromatic ring is 1. The average Bonchev–Trinajstić information content (AvgIpc) is 2.88. The van der Waals surface area contributed by atoms with E-state index >= 15 is 0 Å². The first-order valence-corrected chi connectivity index (χ1v) is 6.26. The van der Waals surface area contributed by atoms with E-state index in [-0.39, 0.29) is 18.3 Å². The molecule has 2 fully saturated rings. The van der Waals surface area contributed by atoms with Gasteiger partial charge < -0.3 is 10.6 Å². The van der Waals surface area contributed by atoms with E-state index in [4.69, 9.17) is 5.73 Å². The molecule has 2 N–H and O–H groups in total. The number of hydrogen-bond acceptors (Lipinski definition) is 3. The Morgan fingerprint density at radius 3 is 2.56 bits per heavy atom. The van der Waals surface area contributed by atoms with Gasteiger partial charge in [0.25, 0.3) is 5.91 Å². The first-order valence-electron chi connectivity index (χ1n) is 6.26. The maximum absolute atomic E-state index is 12.2. The third-order valence-corrected chi connectivity index (χ3v) is 4.00. The van der Waals surface area contributed by atoms with Crippen molar-refractivity contribution in [2.24, 2.45) is 11.8 Å². The van der Waals surface area contributed by atoms with Crippen LogP contribution in [0.25, 0.3) is 0 Å². The molecule has 1 aromatic rings. The van der Waals surface area contributed by atoms with Gasteiger partial charge in [-0.3, -0.25) is 4.79 Å².